The number of nitrogens with one attached hydrogen (secondary N) is 1. The number of hydrogen-bond acceptors (Lipinski definition) is 7. The number of likely N-dealkylation sites (tertiary alicyclic amines) is 1. The predicted octanol–water partition coefficient (Wildman–Crippen LogP) is 3.19. The number of rotatable bonds is 5. The Hall–Kier alpha value is -3.09. The maximum absolute atomic E-state index is 12.2. The van der Waals surface area contributed by atoms with Crippen molar-refractivity contribution in [2.45, 2.75) is 31.5 Å². The Balaban J connectivity index is 1.39. The van der Waals surface area contributed by atoms with Crippen LogP contribution in [0.15, 0.2) is 28.9 Å². The van der Waals surface area contributed by atoms with Gasteiger partial charge in [-0.2, -0.15) is 5.26 Å². The topological polar surface area (TPSA) is 105 Å². The largest absolute Gasteiger partial charge is 0.465 e. The average Bonchev–Trinajstić information content (AvgIpc) is 3.32. The number of nitrogens with zero attached hydrogens (tertiary/aromatic N) is 2. The number of thiophene rings is 1. The van der Waals surface area contributed by atoms with Crippen molar-refractivity contribution in [2.75, 3.05) is 25.5 Å². The van der Waals surface area contributed by atoms with Gasteiger partial charge in [0.1, 0.15) is 22.9 Å². The lowest BCUT2D eigenvalue weighted by molar-refractivity contribution is -0.111. The van der Waals surface area contributed by atoms with Crippen LogP contribution < -0.4 is 5.32 Å². The Bertz CT molecular complexity index is 999. The molecule has 1 aliphatic carbocycles. The van der Waals surface area contributed by atoms with Crippen molar-refractivity contribution in [3.8, 4) is 6.07 Å². The highest BCUT2D eigenvalue weighted by Gasteiger charge is 2.34. The fourth-order valence-electron chi connectivity index (χ4n) is 3.51. The molecule has 2 aromatic heterocycles. The maximum atomic E-state index is 12.2. The number of amides is 2. The molecule has 0 aromatic carbocycles. The third-order valence-electron chi connectivity index (χ3n) is 5.22. The minimum Gasteiger partial charge on any atom is -0.465 e. The van der Waals surface area contributed by atoms with Crippen LogP contribution in [0.25, 0.3) is 6.08 Å². The van der Waals surface area contributed by atoms with Crippen LogP contribution >= 0.6 is 11.3 Å². The molecular formula is C21H21N3O5S. The highest BCUT2D eigenvalue weighted by atomic mass is 32.1. The van der Waals surface area contributed by atoms with Gasteiger partial charge in [0.15, 0.2) is 0 Å². The first-order valence-corrected chi connectivity index (χ1v) is 10.4. The molecule has 1 N–H and O–H groups in total. The van der Waals surface area contributed by atoms with Crippen LogP contribution in [-0.2, 0) is 27.1 Å². The standard InChI is InChI=1S/C21H21N3O5S/c1-27-15-11-24(12-15)21(26)29-14-4-6-16-17(10-22)20(30-18(16)9-14)23-19(25)7-5-13-3-2-8-28-13/h2-3,5,7-8,14-15H,4,6,9,11-12H2,1H3,(H,23,25)/b7-5+. The van der Waals surface area contributed by atoms with Crippen molar-refractivity contribution in [1.29, 1.82) is 5.26 Å². The van der Waals surface area contributed by atoms with Crippen LogP contribution in [-0.4, -0.2) is 49.3 Å². The van der Waals surface area contributed by atoms with Gasteiger partial charge in [0.25, 0.3) is 0 Å². The molecular weight excluding hydrogens is 406 g/mol. The van der Waals surface area contributed by atoms with Crippen molar-refractivity contribution in [2.24, 2.45) is 0 Å². The summed E-state index contributed by atoms with van der Waals surface area (Å²) in [7, 11) is 1.63. The summed E-state index contributed by atoms with van der Waals surface area (Å²) in [5.74, 6) is 0.231. The van der Waals surface area contributed by atoms with Gasteiger partial charge in [-0.3, -0.25) is 4.79 Å². The van der Waals surface area contributed by atoms with Crippen LogP contribution in [0.1, 0.15) is 28.2 Å². The van der Waals surface area contributed by atoms with Crippen LogP contribution in [0.5, 0.6) is 0 Å². The predicted molar refractivity (Wildman–Crippen MR) is 110 cm³/mol. The number of methoxy groups -OCH3 is 1. The molecule has 0 radical (unpaired) electrons. The first-order chi connectivity index (χ1) is 14.6. The second kappa shape index (κ2) is 8.73. The van der Waals surface area contributed by atoms with E-state index in [1.165, 1.54) is 23.7 Å². The van der Waals surface area contributed by atoms with Gasteiger partial charge in [0.2, 0.25) is 5.91 Å². The second-order valence-electron chi connectivity index (χ2n) is 7.17. The van der Waals surface area contributed by atoms with E-state index in [-0.39, 0.29) is 24.2 Å². The summed E-state index contributed by atoms with van der Waals surface area (Å²) in [6.45, 7) is 1.10. The number of carbonyl (C=O) groups is 2. The lowest BCUT2D eigenvalue weighted by Crippen LogP contribution is -2.55. The highest BCUT2D eigenvalue weighted by molar-refractivity contribution is 7.16. The van der Waals surface area contributed by atoms with E-state index in [1.807, 2.05) is 0 Å². The number of carbonyl (C=O) groups excluding carboxylic acids is 2. The number of fused-ring (bicyclic) bond motifs is 1. The fourth-order valence-corrected chi connectivity index (χ4v) is 4.78. The zero-order valence-electron chi connectivity index (χ0n) is 16.4. The first kappa shape index (κ1) is 20.2. The van der Waals surface area contributed by atoms with Crippen LogP contribution in [0, 0.1) is 11.3 Å². The molecule has 1 saturated heterocycles. The molecule has 0 bridgehead atoms. The Labute approximate surface area is 177 Å². The van der Waals surface area contributed by atoms with Gasteiger partial charge in [-0.1, -0.05) is 0 Å². The minimum atomic E-state index is -0.338. The zero-order valence-corrected chi connectivity index (χ0v) is 17.2. The normalized spacial score (nSPS) is 18.5. The smallest absolute Gasteiger partial charge is 0.410 e. The molecule has 1 atom stereocenters. The van der Waals surface area contributed by atoms with Gasteiger partial charge < -0.3 is 24.1 Å². The Morgan fingerprint density at radius 2 is 2.23 bits per heavy atom. The quantitative estimate of drug-likeness (QED) is 0.735. The van der Waals surface area contributed by atoms with E-state index in [0.717, 1.165) is 10.4 Å². The molecule has 0 spiro atoms. The van der Waals surface area contributed by atoms with Crippen LogP contribution in [0.2, 0.25) is 0 Å². The van der Waals surface area contributed by atoms with Crippen LogP contribution in [0.3, 0.4) is 0 Å². The van der Waals surface area contributed by atoms with E-state index in [0.29, 0.717) is 48.7 Å². The molecule has 3 heterocycles. The summed E-state index contributed by atoms with van der Waals surface area (Å²) in [6, 6.07) is 5.68. The Morgan fingerprint density at radius 3 is 2.93 bits per heavy atom. The molecule has 9 heteroatoms. The Morgan fingerprint density at radius 1 is 1.40 bits per heavy atom. The summed E-state index contributed by atoms with van der Waals surface area (Å²) in [5.41, 5.74) is 1.42. The van der Waals surface area contributed by atoms with Crippen molar-refractivity contribution in [3.05, 3.63) is 46.2 Å². The number of hydrogen-bond donors (Lipinski definition) is 1. The maximum Gasteiger partial charge on any atom is 0.410 e. The average molecular weight is 427 g/mol. The van der Waals surface area contributed by atoms with Gasteiger partial charge in [-0.05, 0) is 36.6 Å². The summed E-state index contributed by atoms with van der Waals surface area (Å²) in [4.78, 5) is 27.1. The molecule has 156 valence electrons. The molecule has 1 fully saturated rings. The molecule has 4 rings (SSSR count). The van der Waals surface area contributed by atoms with E-state index < -0.39 is 0 Å². The number of furan rings is 1. The van der Waals surface area contributed by atoms with Gasteiger partial charge in [-0.25, -0.2) is 4.79 Å². The molecule has 8 nitrogen and oxygen atoms in total. The number of anilines is 1. The van der Waals surface area contributed by atoms with Gasteiger partial charge >= 0.3 is 6.09 Å². The number of ether oxygens (including phenoxy) is 2. The molecule has 2 aromatic rings. The molecule has 0 saturated carbocycles. The molecule has 1 unspecified atom stereocenters. The fraction of sp³-hybridized carbons (Fsp3) is 0.381. The van der Waals surface area contributed by atoms with Gasteiger partial charge in [0, 0.05) is 24.5 Å². The van der Waals surface area contributed by atoms with E-state index in [4.69, 9.17) is 13.9 Å². The third-order valence-corrected chi connectivity index (χ3v) is 6.39. The minimum absolute atomic E-state index is 0.0824. The number of nitriles is 1. The second-order valence-corrected chi connectivity index (χ2v) is 8.27. The van der Waals surface area contributed by atoms with Crippen molar-refractivity contribution in [3.63, 3.8) is 0 Å². The molecule has 2 amide bonds. The van der Waals surface area contributed by atoms with Crippen molar-refractivity contribution >= 4 is 34.4 Å². The summed E-state index contributed by atoms with van der Waals surface area (Å²) >= 11 is 1.36. The summed E-state index contributed by atoms with van der Waals surface area (Å²) in [5, 5.41) is 12.9. The van der Waals surface area contributed by atoms with Gasteiger partial charge in [-0.15, -0.1) is 11.3 Å². The van der Waals surface area contributed by atoms with E-state index >= 15 is 0 Å². The van der Waals surface area contributed by atoms with Crippen molar-refractivity contribution < 1.29 is 23.5 Å². The SMILES string of the molecule is COC1CN(C(=O)OC2CCc3c(sc(NC(=O)/C=C/c4ccco4)c3C#N)C2)C1. The van der Waals surface area contributed by atoms with Crippen LogP contribution in [0.4, 0.5) is 9.80 Å². The molecule has 1 aliphatic heterocycles. The van der Waals surface area contributed by atoms with E-state index in [2.05, 4.69) is 11.4 Å². The van der Waals surface area contributed by atoms with Gasteiger partial charge in [0.05, 0.1) is 31.0 Å². The van der Waals surface area contributed by atoms with E-state index in [9.17, 15) is 14.9 Å². The summed E-state index contributed by atoms with van der Waals surface area (Å²) in [6.07, 6.45) is 5.80. The summed E-state index contributed by atoms with van der Waals surface area (Å²) < 4.78 is 16.0. The van der Waals surface area contributed by atoms with Crippen molar-refractivity contribution in [1.82, 2.24) is 4.90 Å². The van der Waals surface area contributed by atoms with E-state index in [1.54, 1.807) is 30.2 Å². The monoisotopic (exact) mass is 427 g/mol. The lowest BCUT2D eigenvalue weighted by Gasteiger charge is -2.38. The molecule has 2 aliphatic rings. The third kappa shape index (κ3) is 4.25. The molecule has 30 heavy (non-hydrogen) atoms. The lowest BCUT2D eigenvalue weighted by atomic mass is 9.94. The highest BCUT2D eigenvalue weighted by Crippen LogP contribution is 2.38. The Kier molecular flexibility index (Phi) is 5.88. The first-order valence-electron chi connectivity index (χ1n) is 9.63. The zero-order chi connectivity index (χ0) is 21.1.